The zero-order valence-corrected chi connectivity index (χ0v) is 9.14. The molecule has 4 nitrogen and oxygen atoms in total. The Morgan fingerprint density at radius 3 is 2.73 bits per heavy atom. The Balaban J connectivity index is 2.50. The molecule has 0 fully saturated rings. The van der Waals surface area contributed by atoms with Crippen LogP contribution in [-0.4, -0.2) is 15.0 Å². The highest BCUT2D eigenvalue weighted by Crippen LogP contribution is 2.15. The molecule has 0 aliphatic rings. The molecular formula is C10H5BrN4. The number of pyridine rings is 1. The second kappa shape index (κ2) is 4.15. The Morgan fingerprint density at radius 2 is 2.00 bits per heavy atom. The van der Waals surface area contributed by atoms with E-state index >= 15 is 0 Å². The van der Waals surface area contributed by atoms with Crippen molar-refractivity contribution in [2.24, 2.45) is 0 Å². The molecule has 72 valence electrons. The van der Waals surface area contributed by atoms with Gasteiger partial charge in [0.15, 0.2) is 0 Å². The van der Waals surface area contributed by atoms with Crippen molar-refractivity contribution in [1.82, 2.24) is 15.0 Å². The van der Waals surface area contributed by atoms with Gasteiger partial charge in [-0.3, -0.25) is 4.98 Å². The summed E-state index contributed by atoms with van der Waals surface area (Å²) in [5.41, 5.74) is 1.65. The van der Waals surface area contributed by atoms with Crippen LogP contribution in [0.5, 0.6) is 0 Å². The van der Waals surface area contributed by atoms with Crippen LogP contribution in [0.2, 0.25) is 0 Å². The molecule has 2 aromatic heterocycles. The molecule has 0 atom stereocenters. The Hall–Kier alpha value is -1.80. The summed E-state index contributed by atoms with van der Waals surface area (Å²) in [6, 6.07) is 7.18. The van der Waals surface area contributed by atoms with Gasteiger partial charge >= 0.3 is 0 Å². The number of hydrogen-bond donors (Lipinski definition) is 0. The summed E-state index contributed by atoms with van der Waals surface area (Å²) in [7, 11) is 0. The molecule has 0 saturated heterocycles. The van der Waals surface area contributed by atoms with Crippen molar-refractivity contribution >= 4 is 15.9 Å². The van der Waals surface area contributed by atoms with Gasteiger partial charge in [0, 0.05) is 0 Å². The van der Waals surface area contributed by atoms with E-state index in [1.165, 1.54) is 0 Å². The lowest BCUT2D eigenvalue weighted by Gasteiger charge is -1.99. The molecule has 0 aliphatic carbocycles. The third-order valence-corrected chi connectivity index (χ3v) is 2.11. The van der Waals surface area contributed by atoms with Gasteiger partial charge in [-0.1, -0.05) is 6.07 Å². The van der Waals surface area contributed by atoms with Crippen LogP contribution in [0, 0.1) is 11.3 Å². The van der Waals surface area contributed by atoms with Crippen LogP contribution in [0.3, 0.4) is 0 Å². The largest absolute Gasteiger partial charge is 0.260 e. The van der Waals surface area contributed by atoms with Crippen LogP contribution in [0.4, 0.5) is 0 Å². The van der Waals surface area contributed by atoms with Gasteiger partial charge in [0.05, 0.1) is 18.1 Å². The number of rotatable bonds is 1. The van der Waals surface area contributed by atoms with E-state index in [0.29, 0.717) is 21.7 Å². The highest BCUT2D eigenvalue weighted by Gasteiger charge is 2.02. The summed E-state index contributed by atoms with van der Waals surface area (Å²) < 4.78 is 0.643. The van der Waals surface area contributed by atoms with Crippen LogP contribution in [-0.2, 0) is 0 Å². The first-order chi connectivity index (χ1) is 7.29. The van der Waals surface area contributed by atoms with Crippen molar-refractivity contribution in [1.29, 1.82) is 5.26 Å². The second-order valence-electron chi connectivity index (χ2n) is 2.75. The molecule has 0 saturated carbocycles. The number of halogens is 1. The third kappa shape index (κ3) is 2.17. The zero-order valence-electron chi connectivity index (χ0n) is 7.55. The molecular weight excluding hydrogens is 256 g/mol. The average Bonchev–Trinajstić information content (AvgIpc) is 2.29. The van der Waals surface area contributed by atoms with Crippen molar-refractivity contribution in [2.75, 3.05) is 0 Å². The fourth-order valence-electron chi connectivity index (χ4n) is 1.11. The van der Waals surface area contributed by atoms with Gasteiger partial charge < -0.3 is 0 Å². The van der Waals surface area contributed by atoms with E-state index in [9.17, 15) is 0 Å². The molecule has 0 spiro atoms. The Labute approximate surface area is 94.8 Å². The lowest BCUT2D eigenvalue weighted by molar-refractivity contribution is 1.14. The predicted octanol–water partition coefficient (Wildman–Crippen LogP) is 2.17. The molecule has 0 radical (unpaired) electrons. The van der Waals surface area contributed by atoms with Crippen molar-refractivity contribution in [3.63, 3.8) is 0 Å². The van der Waals surface area contributed by atoms with Crippen LogP contribution >= 0.6 is 15.9 Å². The van der Waals surface area contributed by atoms with Crippen molar-refractivity contribution < 1.29 is 0 Å². The smallest absolute Gasteiger partial charge is 0.141 e. The first kappa shape index (κ1) is 9.74. The molecule has 0 unspecified atom stereocenters. The van der Waals surface area contributed by atoms with E-state index in [-0.39, 0.29) is 0 Å². The van der Waals surface area contributed by atoms with Gasteiger partial charge in [0.2, 0.25) is 0 Å². The average molecular weight is 261 g/mol. The van der Waals surface area contributed by atoms with E-state index in [0.717, 1.165) is 0 Å². The lowest BCUT2D eigenvalue weighted by Crippen LogP contribution is -1.91. The molecule has 2 heterocycles. The zero-order chi connectivity index (χ0) is 10.7. The fourth-order valence-corrected chi connectivity index (χ4v) is 1.41. The number of nitrogens with zero attached hydrogens (tertiary/aromatic N) is 4. The van der Waals surface area contributed by atoms with E-state index in [1.807, 2.05) is 6.07 Å². The van der Waals surface area contributed by atoms with E-state index in [2.05, 4.69) is 30.9 Å². The maximum atomic E-state index is 8.71. The quantitative estimate of drug-likeness (QED) is 0.789. The molecule has 15 heavy (non-hydrogen) atoms. The molecule has 2 aromatic rings. The Kier molecular flexibility index (Phi) is 2.70. The number of hydrogen-bond acceptors (Lipinski definition) is 4. The minimum Gasteiger partial charge on any atom is -0.260 e. The van der Waals surface area contributed by atoms with Gasteiger partial charge in [0.25, 0.3) is 0 Å². The SMILES string of the molecule is N#Cc1cccc(-c2cncc(Br)n2)n1. The number of nitriles is 1. The van der Waals surface area contributed by atoms with Crippen LogP contribution in [0.1, 0.15) is 5.69 Å². The summed E-state index contributed by atoms with van der Waals surface area (Å²) in [5.74, 6) is 0. The standard InChI is InChI=1S/C10H5BrN4/c11-10-6-13-5-9(15-10)8-3-1-2-7(4-12)14-8/h1-3,5-6H. The Morgan fingerprint density at radius 1 is 1.13 bits per heavy atom. The highest BCUT2D eigenvalue weighted by molar-refractivity contribution is 9.10. The van der Waals surface area contributed by atoms with Crippen LogP contribution in [0.25, 0.3) is 11.4 Å². The molecule has 2 rings (SSSR count). The predicted molar refractivity (Wildman–Crippen MR) is 57.7 cm³/mol. The molecule has 0 aromatic carbocycles. The summed E-state index contributed by atoms with van der Waals surface area (Å²) in [6.07, 6.45) is 3.20. The minimum atomic E-state index is 0.370. The third-order valence-electron chi connectivity index (χ3n) is 1.73. The normalized spacial score (nSPS) is 9.60. The molecule has 0 amide bonds. The van der Waals surface area contributed by atoms with Gasteiger partial charge in [-0.25, -0.2) is 9.97 Å². The van der Waals surface area contributed by atoms with Crippen LogP contribution in [0.15, 0.2) is 35.2 Å². The monoisotopic (exact) mass is 260 g/mol. The Bertz CT molecular complexity index is 533. The van der Waals surface area contributed by atoms with Gasteiger partial charge in [-0.2, -0.15) is 5.26 Å². The maximum Gasteiger partial charge on any atom is 0.141 e. The summed E-state index contributed by atoms with van der Waals surface area (Å²) in [5, 5.41) is 8.71. The van der Waals surface area contributed by atoms with E-state index < -0.39 is 0 Å². The lowest BCUT2D eigenvalue weighted by atomic mass is 10.2. The molecule has 5 heteroatoms. The van der Waals surface area contributed by atoms with Gasteiger partial charge in [-0.15, -0.1) is 0 Å². The topological polar surface area (TPSA) is 62.5 Å². The van der Waals surface area contributed by atoms with E-state index in [1.54, 1.807) is 30.6 Å². The first-order valence-corrected chi connectivity index (χ1v) is 4.94. The van der Waals surface area contributed by atoms with Crippen molar-refractivity contribution in [2.45, 2.75) is 0 Å². The molecule has 0 N–H and O–H groups in total. The second-order valence-corrected chi connectivity index (χ2v) is 3.56. The maximum absolute atomic E-state index is 8.71. The van der Waals surface area contributed by atoms with Gasteiger partial charge in [-0.05, 0) is 28.1 Å². The van der Waals surface area contributed by atoms with Gasteiger partial charge in [0.1, 0.15) is 22.1 Å². The van der Waals surface area contributed by atoms with Crippen molar-refractivity contribution in [3.8, 4) is 17.5 Å². The summed E-state index contributed by atoms with van der Waals surface area (Å²) in [6.45, 7) is 0. The first-order valence-electron chi connectivity index (χ1n) is 4.14. The summed E-state index contributed by atoms with van der Waals surface area (Å²) in [4.78, 5) is 12.3. The number of aromatic nitrogens is 3. The molecule has 0 aliphatic heterocycles. The minimum absolute atomic E-state index is 0.370. The summed E-state index contributed by atoms with van der Waals surface area (Å²) >= 11 is 3.23. The highest BCUT2D eigenvalue weighted by atomic mass is 79.9. The van der Waals surface area contributed by atoms with E-state index in [4.69, 9.17) is 5.26 Å². The molecule has 0 bridgehead atoms. The van der Waals surface area contributed by atoms with Crippen LogP contribution < -0.4 is 0 Å². The fraction of sp³-hybridized carbons (Fsp3) is 0. The van der Waals surface area contributed by atoms with Crippen molar-refractivity contribution in [3.05, 3.63) is 40.9 Å².